The van der Waals surface area contributed by atoms with Gasteiger partial charge in [0.2, 0.25) is 5.88 Å². The summed E-state index contributed by atoms with van der Waals surface area (Å²) < 4.78 is 19.2. The van der Waals surface area contributed by atoms with Gasteiger partial charge < -0.3 is 4.74 Å². The molecule has 0 unspecified atom stereocenters. The van der Waals surface area contributed by atoms with Crippen LogP contribution in [0.25, 0.3) is 10.2 Å². The van der Waals surface area contributed by atoms with Gasteiger partial charge in [0.05, 0.1) is 5.52 Å². The van der Waals surface area contributed by atoms with Crippen LogP contribution in [0.15, 0.2) is 42.0 Å². The van der Waals surface area contributed by atoms with Crippen LogP contribution >= 0.6 is 11.3 Å². The van der Waals surface area contributed by atoms with Gasteiger partial charge in [0, 0.05) is 0 Å². The summed E-state index contributed by atoms with van der Waals surface area (Å²) in [6.07, 6.45) is 1.45. The van der Waals surface area contributed by atoms with E-state index in [-0.39, 0.29) is 5.82 Å². The van der Waals surface area contributed by atoms with Crippen molar-refractivity contribution < 1.29 is 9.13 Å². The first-order valence-electron chi connectivity index (χ1n) is 4.94. The van der Waals surface area contributed by atoms with Crippen molar-refractivity contribution in [3.8, 4) is 11.6 Å². The topological polar surface area (TPSA) is 35.0 Å². The lowest BCUT2D eigenvalue weighted by Crippen LogP contribution is -1.89. The van der Waals surface area contributed by atoms with E-state index in [1.165, 1.54) is 29.8 Å². The van der Waals surface area contributed by atoms with E-state index in [2.05, 4.69) is 9.97 Å². The molecule has 0 atom stereocenters. The van der Waals surface area contributed by atoms with Crippen molar-refractivity contribution in [3.63, 3.8) is 0 Å². The Balaban J connectivity index is 1.99. The Hall–Kier alpha value is -2.01. The summed E-state index contributed by atoms with van der Waals surface area (Å²) in [4.78, 5) is 8.20. The molecule has 0 aliphatic carbocycles. The second-order valence-electron chi connectivity index (χ2n) is 3.37. The number of halogens is 1. The number of thiophene rings is 1. The Bertz CT molecular complexity index is 651. The quantitative estimate of drug-likeness (QED) is 0.692. The maximum atomic E-state index is 12.7. The molecule has 2 aromatic heterocycles. The van der Waals surface area contributed by atoms with Gasteiger partial charge >= 0.3 is 0 Å². The summed E-state index contributed by atoms with van der Waals surface area (Å²) >= 11 is 1.51. The highest BCUT2D eigenvalue weighted by Crippen LogP contribution is 2.30. The Kier molecular flexibility index (Phi) is 2.45. The zero-order valence-corrected chi connectivity index (χ0v) is 9.45. The SMILES string of the molecule is Fc1ccc(Oc2ncnc3ccsc23)cc1. The largest absolute Gasteiger partial charge is 0.437 e. The third kappa shape index (κ3) is 1.97. The predicted octanol–water partition coefficient (Wildman–Crippen LogP) is 3.62. The van der Waals surface area contributed by atoms with Gasteiger partial charge in [-0.15, -0.1) is 11.3 Å². The lowest BCUT2D eigenvalue weighted by molar-refractivity contribution is 0.467. The smallest absolute Gasteiger partial charge is 0.240 e. The predicted molar refractivity (Wildman–Crippen MR) is 63.9 cm³/mol. The molecule has 0 N–H and O–H groups in total. The second-order valence-corrected chi connectivity index (χ2v) is 4.29. The van der Waals surface area contributed by atoms with Crippen molar-refractivity contribution in [2.24, 2.45) is 0 Å². The minimum atomic E-state index is -0.290. The lowest BCUT2D eigenvalue weighted by Gasteiger charge is -2.04. The third-order valence-corrected chi connectivity index (χ3v) is 3.13. The maximum absolute atomic E-state index is 12.7. The van der Waals surface area contributed by atoms with Crippen LogP contribution in [0, 0.1) is 5.82 Å². The number of hydrogen-bond donors (Lipinski definition) is 0. The molecule has 17 heavy (non-hydrogen) atoms. The molecular formula is C12H7FN2OS. The first-order valence-corrected chi connectivity index (χ1v) is 5.82. The minimum Gasteiger partial charge on any atom is -0.437 e. The van der Waals surface area contributed by atoms with Gasteiger partial charge in [-0.2, -0.15) is 0 Å². The van der Waals surface area contributed by atoms with Crippen LogP contribution in [0.1, 0.15) is 0 Å². The van der Waals surface area contributed by atoms with Gasteiger partial charge in [-0.05, 0) is 35.7 Å². The summed E-state index contributed by atoms with van der Waals surface area (Å²) in [6, 6.07) is 7.73. The Morgan fingerprint density at radius 1 is 1.06 bits per heavy atom. The van der Waals surface area contributed by atoms with E-state index in [0.717, 1.165) is 10.2 Å². The molecule has 3 rings (SSSR count). The molecule has 0 spiro atoms. The highest BCUT2D eigenvalue weighted by atomic mass is 32.1. The molecule has 0 aliphatic heterocycles. The van der Waals surface area contributed by atoms with Gasteiger partial charge in [-0.1, -0.05) is 0 Å². The summed E-state index contributed by atoms with van der Waals surface area (Å²) in [7, 11) is 0. The Morgan fingerprint density at radius 2 is 1.88 bits per heavy atom. The number of hydrogen-bond acceptors (Lipinski definition) is 4. The van der Waals surface area contributed by atoms with Crippen LogP contribution in [-0.2, 0) is 0 Å². The highest BCUT2D eigenvalue weighted by molar-refractivity contribution is 7.17. The van der Waals surface area contributed by atoms with Crippen LogP contribution < -0.4 is 4.74 Å². The van der Waals surface area contributed by atoms with Crippen LogP contribution in [-0.4, -0.2) is 9.97 Å². The van der Waals surface area contributed by atoms with Gasteiger partial charge in [0.25, 0.3) is 0 Å². The molecule has 3 aromatic rings. The van der Waals surface area contributed by atoms with Crippen molar-refractivity contribution in [1.82, 2.24) is 9.97 Å². The van der Waals surface area contributed by atoms with E-state index in [9.17, 15) is 4.39 Å². The molecule has 0 amide bonds. The van der Waals surface area contributed by atoms with Crippen molar-refractivity contribution in [1.29, 1.82) is 0 Å². The number of aromatic nitrogens is 2. The fourth-order valence-corrected chi connectivity index (χ4v) is 2.22. The van der Waals surface area contributed by atoms with Crippen molar-refractivity contribution >= 4 is 21.6 Å². The average molecular weight is 246 g/mol. The number of fused-ring (bicyclic) bond motifs is 1. The van der Waals surface area contributed by atoms with Gasteiger partial charge in [-0.3, -0.25) is 0 Å². The van der Waals surface area contributed by atoms with Crippen LogP contribution in [0.4, 0.5) is 4.39 Å². The molecule has 3 nitrogen and oxygen atoms in total. The lowest BCUT2D eigenvalue weighted by atomic mass is 10.3. The van der Waals surface area contributed by atoms with Gasteiger partial charge in [0.15, 0.2) is 0 Å². The molecule has 2 heterocycles. The van der Waals surface area contributed by atoms with Crippen LogP contribution in [0.3, 0.4) is 0 Å². The van der Waals surface area contributed by atoms with Gasteiger partial charge in [0.1, 0.15) is 22.6 Å². The summed E-state index contributed by atoms with van der Waals surface area (Å²) in [5.74, 6) is 0.762. The fraction of sp³-hybridized carbons (Fsp3) is 0. The molecule has 0 fully saturated rings. The van der Waals surface area contributed by atoms with E-state index in [1.807, 2.05) is 11.4 Å². The Labute approximate surface area is 101 Å². The molecule has 0 saturated carbocycles. The molecule has 0 bridgehead atoms. The standard InChI is InChI=1S/C12H7FN2OS/c13-8-1-3-9(4-2-8)16-12-11-10(5-6-17-11)14-7-15-12/h1-7H. The highest BCUT2D eigenvalue weighted by Gasteiger charge is 2.07. The van der Waals surface area contributed by atoms with Gasteiger partial charge in [-0.25, -0.2) is 14.4 Å². The van der Waals surface area contributed by atoms with E-state index < -0.39 is 0 Å². The van der Waals surface area contributed by atoms with E-state index >= 15 is 0 Å². The number of nitrogens with zero attached hydrogens (tertiary/aromatic N) is 2. The van der Waals surface area contributed by atoms with Crippen molar-refractivity contribution in [2.75, 3.05) is 0 Å². The molecule has 0 saturated heterocycles. The zero-order chi connectivity index (χ0) is 11.7. The third-order valence-electron chi connectivity index (χ3n) is 2.24. The average Bonchev–Trinajstić information content (AvgIpc) is 2.81. The molecule has 5 heteroatoms. The monoisotopic (exact) mass is 246 g/mol. The van der Waals surface area contributed by atoms with Crippen molar-refractivity contribution in [3.05, 3.63) is 47.9 Å². The maximum Gasteiger partial charge on any atom is 0.240 e. The Morgan fingerprint density at radius 3 is 2.71 bits per heavy atom. The van der Waals surface area contributed by atoms with Crippen LogP contribution in [0.2, 0.25) is 0 Å². The van der Waals surface area contributed by atoms with E-state index in [1.54, 1.807) is 12.1 Å². The zero-order valence-electron chi connectivity index (χ0n) is 8.63. The van der Waals surface area contributed by atoms with E-state index in [4.69, 9.17) is 4.74 Å². The summed E-state index contributed by atoms with van der Waals surface area (Å²) in [5, 5.41) is 1.93. The fourth-order valence-electron chi connectivity index (χ4n) is 1.45. The normalized spacial score (nSPS) is 10.6. The number of ether oxygens (including phenoxy) is 1. The molecular weight excluding hydrogens is 239 g/mol. The number of benzene rings is 1. The molecule has 0 radical (unpaired) electrons. The van der Waals surface area contributed by atoms with Crippen molar-refractivity contribution in [2.45, 2.75) is 0 Å². The first kappa shape index (κ1) is 10.2. The molecule has 1 aromatic carbocycles. The second kappa shape index (κ2) is 4.10. The van der Waals surface area contributed by atoms with Crippen LogP contribution in [0.5, 0.6) is 11.6 Å². The van der Waals surface area contributed by atoms with E-state index in [0.29, 0.717) is 11.6 Å². The summed E-state index contributed by atoms with van der Waals surface area (Å²) in [6.45, 7) is 0. The molecule has 84 valence electrons. The minimum absolute atomic E-state index is 0.290. The summed E-state index contributed by atoms with van der Waals surface area (Å²) in [5.41, 5.74) is 0.849. The number of rotatable bonds is 2. The first-order chi connectivity index (χ1) is 8.33. The molecule has 0 aliphatic rings.